The molecule has 0 spiro atoms. The van der Waals surface area contributed by atoms with Gasteiger partial charge in [0.05, 0.1) is 6.10 Å². The monoisotopic (exact) mass is 333 g/mol. The smallest absolute Gasteiger partial charge is 0.238 e. The summed E-state index contributed by atoms with van der Waals surface area (Å²) in [6.45, 7) is 0. The number of aliphatic hydroxyl groups is 1. The van der Waals surface area contributed by atoms with Crippen molar-refractivity contribution in [2.24, 2.45) is 0 Å². The van der Waals surface area contributed by atoms with Crippen LogP contribution in [0.2, 0.25) is 0 Å². The molecule has 0 heterocycles. The summed E-state index contributed by atoms with van der Waals surface area (Å²) in [7, 11) is -3.51. The summed E-state index contributed by atoms with van der Waals surface area (Å²) in [5, 5.41) is 9.10. The van der Waals surface area contributed by atoms with E-state index < -0.39 is 21.4 Å². The van der Waals surface area contributed by atoms with Gasteiger partial charge < -0.3 is 5.11 Å². The van der Waals surface area contributed by atoms with Crippen molar-refractivity contribution in [3.63, 3.8) is 0 Å². The Bertz CT molecular complexity index is 501. The topological polar surface area (TPSA) is 66.4 Å². The van der Waals surface area contributed by atoms with Gasteiger partial charge in [0.2, 0.25) is 10.0 Å². The van der Waals surface area contributed by atoms with Crippen LogP contribution in [-0.2, 0) is 10.0 Å². The third kappa shape index (κ3) is 3.24. The lowest BCUT2D eigenvalue weighted by Gasteiger charge is -2.27. The lowest BCUT2D eigenvalue weighted by molar-refractivity contribution is 0.133. The molecule has 1 aliphatic carbocycles. The Morgan fingerprint density at radius 1 is 1.17 bits per heavy atom. The van der Waals surface area contributed by atoms with Gasteiger partial charge in [-0.3, -0.25) is 4.72 Å². The molecular formula is C12H16BrNO3S. The van der Waals surface area contributed by atoms with Gasteiger partial charge in [-0.2, -0.15) is 0 Å². The summed E-state index contributed by atoms with van der Waals surface area (Å²) >= 11 is 3.29. The Balaban J connectivity index is 2.13. The van der Waals surface area contributed by atoms with Crippen LogP contribution in [0.15, 0.2) is 28.7 Å². The summed E-state index contributed by atoms with van der Waals surface area (Å²) < 4.78 is 27.8. The molecule has 18 heavy (non-hydrogen) atoms. The molecule has 1 aromatic carbocycles. The molecule has 0 aliphatic heterocycles. The quantitative estimate of drug-likeness (QED) is 0.893. The van der Waals surface area contributed by atoms with Gasteiger partial charge in [-0.1, -0.05) is 28.8 Å². The first kappa shape index (κ1) is 13.8. The summed E-state index contributed by atoms with van der Waals surface area (Å²) in [6.07, 6.45) is 2.07. The standard InChI is InChI=1S/C12H16BrNO3S/c13-9-5-7-10(8-6-9)14-18(16,17)12-4-2-1-3-11(12)15/h5-8,11-12,14-15H,1-4H2/t11-,12+/m1/s1. The van der Waals surface area contributed by atoms with E-state index in [9.17, 15) is 13.5 Å². The van der Waals surface area contributed by atoms with Crippen molar-refractivity contribution in [1.82, 2.24) is 0 Å². The minimum atomic E-state index is -3.51. The largest absolute Gasteiger partial charge is 0.392 e. The van der Waals surface area contributed by atoms with E-state index in [1.54, 1.807) is 24.3 Å². The summed E-state index contributed by atoms with van der Waals surface area (Å²) in [5.41, 5.74) is 0.524. The number of aliphatic hydroxyl groups excluding tert-OH is 1. The zero-order chi connectivity index (χ0) is 13.2. The molecule has 1 saturated carbocycles. The Morgan fingerprint density at radius 3 is 2.39 bits per heavy atom. The fraction of sp³-hybridized carbons (Fsp3) is 0.500. The first-order chi connectivity index (χ1) is 8.49. The molecule has 0 saturated heterocycles. The van der Waals surface area contributed by atoms with Gasteiger partial charge in [-0.15, -0.1) is 0 Å². The fourth-order valence-electron chi connectivity index (χ4n) is 2.20. The minimum absolute atomic E-state index is 0.521. The van der Waals surface area contributed by atoms with E-state index in [1.165, 1.54) is 0 Å². The van der Waals surface area contributed by atoms with E-state index in [4.69, 9.17) is 0 Å². The van der Waals surface area contributed by atoms with Gasteiger partial charge in [0, 0.05) is 10.2 Å². The van der Waals surface area contributed by atoms with Crippen LogP contribution in [0.25, 0.3) is 0 Å². The molecule has 0 bridgehead atoms. The fourth-order valence-corrected chi connectivity index (χ4v) is 4.10. The van der Waals surface area contributed by atoms with Gasteiger partial charge in [0.25, 0.3) is 0 Å². The van der Waals surface area contributed by atoms with Gasteiger partial charge >= 0.3 is 0 Å². The molecule has 0 radical (unpaired) electrons. The Kier molecular flexibility index (Phi) is 4.29. The Hall–Kier alpha value is -0.590. The van der Waals surface area contributed by atoms with E-state index >= 15 is 0 Å². The van der Waals surface area contributed by atoms with Gasteiger partial charge in [-0.25, -0.2) is 8.42 Å². The highest BCUT2D eigenvalue weighted by atomic mass is 79.9. The van der Waals surface area contributed by atoms with E-state index in [-0.39, 0.29) is 0 Å². The maximum absolute atomic E-state index is 12.2. The zero-order valence-corrected chi connectivity index (χ0v) is 12.2. The van der Waals surface area contributed by atoms with E-state index in [0.717, 1.165) is 17.3 Å². The molecule has 0 unspecified atom stereocenters. The molecule has 4 nitrogen and oxygen atoms in total. The number of hydrogen-bond donors (Lipinski definition) is 2. The maximum Gasteiger partial charge on any atom is 0.238 e. The number of benzene rings is 1. The van der Waals surface area contributed by atoms with Gasteiger partial charge in [-0.05, 0) is 37.1 Å². The molecule has 0 amide bonds. The lowest BCUT2D eigenvalue weighted by Crippen LogP contribution is -2.40. The highest BCUT2D eigenvalue weighted by Gasteiger charge is 2.34. The van der Waals surface area contributed by atoms with Crippen LogP contribution >= 0.6 is 15.9 Å². The summed E-state index contributed by atoms with van der Waals surface area (Å²) in [5.74, 6) is 0. The van der Waals surface area contributed by atoms with Crippen molar-refractivity contribution < 1.29 is 13.5 Å². The van der Waals surface area contributed by atoms with E-state index in [0.29, 0.717) is 18.5 Å². The van der Waals surface area contributed by atoms with Crippen LogP contribution < -0.4 is 4.72 Å². The number of sulfonamides is 1. The molecule has 1 aromatic rings. The molecule has 1 aliphatic rings. The number of rotatable bonds is 3. The van der Waals surface area contributed by atoms with Gasteiger partial charge in [0.1, 0.15) is 5.25 Å². The van der Waals surface area contributed by atoms with Crippen LogP contribution in [0.3, 0.4) is 0 Å². The molecular weight excluding hydrogens is 318 g/mol. The van der Waals surface area contributed by atoms with E-state index in [1.807, 2.05) is 0 Å². The first-order valence-corrected chi connectivity index (χ1v) is 8.28. The zero-order valence-electron chi connectivity index (χ0n) is 9.84. The van der Waals surface area contributed by atoms with Crippen molar-refractivity contribution in [3.05, 3.63) is 28.7 Å². The lowest BCUT2D eigenvalue weighted by atomic mass is 9.97. The maximum atomic E-state index is 12.2. The van der Waals surface area contributed by atoms with Crippen LogP contribution in [0.4, 0.5) is 5.69 Å². The van der Waals surface area contributed by atoms with Crippen LogP contribution in [0.5, 0.6) is 0 Å². The highest BCUT2D eigenvalue weighted by Crippen LogP contribution is 2.26. The third-order valence-corrected chi connectivity index (χ3v) is 5.57. The van der Waals surface area contributed by atoms with Crippen LogP contribution in [-0.4, -0.2) is 24.9 Å². The van der Waals surface area contributed by atoms with Gasteiger partial charge in [0.15, 0.2) is 0 Å². The van der Waals surface area contributed by atoms with Crippen molar-refractivity contribution in [3.8, 4) is 0 Å². The second-order valence-electron chi connectivity index (χ2n) is 4.54. The Labute approximate surface area is 116 Å². The predicted octanol–water partition coefficient (Wildman–Crippen LogP) is 2.49. The normalized spacial score (nSPS) is 24.8. The second kappa shape index (κ2) is 5.59. The average molecular weight is 334 g/mol. The minimum Gasteiger partial charge on any atom is -0.392 e. The van der Waals surface area contributed by atoms with Crippen molar-refractivity contribution in [2.75, 3.05) is 4.72 Å². The van der Waals surface area contributed by atoms with Crippen LogP contribution in [0.1, 0.15) is 25.7 Å². The van der Waals surface area contributed by atoms with Crippen molar-refractivity contribution >= 4 is 31.6 Å². The Morgan fingerprint density at radius 2 is 1.78 bits per heavy atom. The first-order valence-electron chi connectivity index (χ1n) is 5.94. The summed E-state index contributed by atoms with van der Waals surface area (Å²) in [6, 6.07) is 6.93. The van der Waals surface area contributed by atoms with Crippen LogP contribution in [0, 0.1) is 0 Å². The number of nitrogens with one attached hydrogen (secondary N) is 1. The molecule has 2 rings (SSSR count). The molecule has 2 N–H and O–H groups in total. The average Bonchev–Trinajstić information content (AvgIpc) is 2.32. The summed E-state index contributed by atoms with van der Waals surface area (Å²) in [4.78, 5) is 0. The predicted molar refractivity (Wildman–Crippen MR) is 74.9 cm³/mol. The SMILES string of the molecule is O=S(=O)(Nc1ccc(Br)cc1)[C@H]1CCCC[C@H]1O. The highest BCUT2D eigenvalue weighted by molar-refractivity contribution is 9.10. The molecule has 2 atom stereocenters. The molecule has 1 fully saturated rings. The van der Waals surface area contributed by atoms with E-state index in [2.05, 4.69) is 20.7 Å². The van der Waals surface area contributed by atoms with Crippen molar-refractivity contribution in [1.29, 1.82) is 0 Å². The molecule has 6 heteroatoms. The number of hydrogen-bond acceptors (Lipinski definition) is 3. The second-order valence-corrected chi connectivity index (χ2v) is 7.36. The van der Waals surface area contributed by atoms with Crippen molar-refractivity contribution in [2.45, 2.75) is 37.0 Å². The third-order valence-electron chi connectivity index (χ3n) is 3.17. The number of anilines is 1. The molecule has 0 aromatic heterocycles. The number of halogens is 1. The molecule has 100 valence electrons.